The average molecular weight is 554 g/mol. The lowest BCUT2D eigenvalue weighted by atomic mass is 9.72. The molecule has 0 bridgehead atoms. The Morgan fingerprint density at radius 1 is 1.13 bits per heavy atom. The van der Waals surface area contributed by atoms with Crippen LogP contribution in [0.3, 0.4) is 0 Å². The molecule has 0 radical (unpaired) electrons. The zero-order valence-electron chi connectivity index (χ0n) is 23.9. The minimum Gasteiger partial charge on any atom is -0.467 e. The monoisotopic (exact) mass is 553 g/mol. The molecule has 2 aromatic rings. The predicted molar refractivity (Wildman–Crippen MR) is 160 cm³/mol. The Morgan fingerprint density at radius 3 is 2.44 bits per heavy atom. The van der Waals surface area contributed by atoms with Crippen molar-refractivity contribution in [1.29, 1.82) is 0 Å². The summed E-state index contributed by atoms with van der Waals surface area (Å²) in [6.07, 6.45) is 11.0. The molecular formula is C32H44FN3O2S. The topological polar surface area (TPSA) is 45.1 Å². The van der Waals surface area contributed by atoms with Gasteiger partial charge < -0.3 is 14.5 Å². The summed E-state index contributed by atoms with van der Waals surface area (Å²) < 4.78 is 19.0. The van der Waals surface area contributed by atoms with Gasteiger partial charge in [0.15, 0.2) is 5.54 Å². The van der Waals surface area contributed by atoms with Crippen LogP contribution in [0.1, 0.15) is 55.7 Å². The predicted octanol–water partition coefficient (Wildman–Crippen LogP) is 6.25. The summed E-state index contributed by atoms with van der Waals surface area (Å²) in [5.41, 5.74) is 1.63. The van der Waals surface area contributed by atoms with Crippen LogP contribution in [-0.2, 0) is 16.0 Å². The van der Waals surface area contributed by atoms with Crippen LogP contribution in [0.5, 0.6) is 0 Å². The normalized spacial score (nSPS) is 25.7. The Kier molecular flexibility index (Phi) is 10.5. The van der Waals surface area contributed by atoms with Gasteiger partial charge in [0.05, 0.1) is 19.5 Å². The van der Waals surface area contributed by atoms with Crippen LogP contribution in [0.15, 0.2) is 59.6 Å². The smallest absolute Gasteiger partial charge is 0.336 e. The Hall–Kier alpha value is -2.38. The molecule has 1 aliphatic heterocycles. The second-order valence-electron chi connectivity index (χ2n) is 11.4. The van der Waals surface area contributed by atoms with Gasteiger partial charge >= 0.3 is 5.97 Å². The van der Waals surface area contributed by atoms with E-state index in [1.54, 1.807) is 23.9 Å². The third kappa shape index (κ3) is 7.04. The zero-order valence-corrected chi connectivity index (χ0v) is 24.7. The molecule has 5 nitrogen and oxygen atoms in total. The molecule has 7 heteroatoms. The first-order valence-electron chi connectivity index (χ1n) is 14.2. The summed E-state index contributed by atoms with van der Waals surface area (Å²) >= 11 is 1.75. The SMILES string of the molecule is COC(=O)C1(CCSC)N=CN(CCc2ccccc2)C1CC1CCC(C(c2ccc(F)cc2)N(C)C)CC1. The molecule has 4 rings (SSSR count). The van der Waals surface area contributed by atoms with E-state index >= 15 is 0 Å². The number of thioether (sulfide) groups is 1. The van der Waals surface area contributed by atoms with Gasteiger partial charge in [-0.1, -0.05) is 55.3 Å². The highest BCUT2D eigenvalue weighted by Crippen LogP contribution is 2.43. The number of halogens is 1. The quantitative estimate of drug-likeness (QED) is 0.291. The fourth-order valence-corrected chi connectivity index (χ4v) is 7.24. The number of hydrogen-bond acceptors (Lipinski definition) is 6. The Balaban J connectivity index is 1.48. The lowest BCUT2D eigenvalue weighted by Crippen LogP contribution is -2.53. The van der Waals surface area contributed by atoms with Gasteiger partial charge in [-0.15, -0.1) is 0 Å². The molecule has 0 amide bonds. The molecule has 0 N–H and O–H groups in total. The van der Waals surface area contributed by atoms with Gasteiger partial charge in [0.1, 0.15) is 5.82 Å². The number of aliphatic imine (C=N–C) groups is 1. The number of rotatable bonds is 12. The van der Waals surface area contributed by atoms with Gasteiger partial charge in [-0.05, 0) is 93.3 Å². The number of benzene rings is 2. The fourth-order valence-electron chi connectivity index (χ4n) is 6.73. The van der Waals surface area contributed by atoms with E-state index in [0.29, 0.717) is 18.3 Å². The second kappa shape index (κ2) is 13.8. The standard InChI is InChI=1S/C32H44FN3O2S/c1-35(2)30(27-14-16-28(33)17-15-27)26-12-10-25(11-13-26)22-29-32(19-21-39-4,31(37)38-3)34-23-36(29)20-18-24-8-6-5-7-9-24/h5-9,14-17,23,25-26,29-30H,10-13,18-22H2,1-4H3. The number of methoxy groups -OCH3 is 1. The molecule has 0 spiro atoms. The van der Waals surface area contributed by atoms with Crippen LogP contribution in [0.25, 0.3) is 0 Å². The fraction of sp³-hybridized carbons (Fsp3) is 0.562. The number of esters is 1. The van der Waals surface area contributed by atoms with Crippen molar-refractivity contribution >= 4 is 24.1 Å². The number of ether oxygens (including phenoxy) is 1. The highest BCUT2D eigenvalue weighted by atomic mass is 32.2. The maximum Gasteiger partial charge on any atom is 0.336 e. The van der Waals surface area contributed by atoms with Gasteiger partial charge in [0.25, 0.3) is 0 Å². The lowest BCUT2D eigenvalue weighted by molar-refractivity contribution is -0.148. The second-order valence-corrected chi connectivity index (χ2v) is 12.4. The van der Waals surface area contributed by atoms with Crippen LogP contribution in [0, 0.1) is 17.7 Å². The maximum atomic E-state index is 13.6. The van der Waals surface area contributed by atoms with Crippen LogP contribution in [0.2, 0.25) is 0 Å². The first-order chi connectivity index (χ1) is 18.9. The highest BCUT2D eigenvalue weighted by Gasteiger charge is 2.52. The summed E-state index contributed by atoms with van der Waals surface area (Å²) in [6.45, 7) is 0.832. The van der Waals surface area contributed by atoms with E-state index in [0.717, 1.165) is 50.8 Å². The van der Waals surface area contributed by atoms with E-state index in [1.807, 2.05) is 24.5 Å². The zero-order chi connectivity index (χ0) is 27.8. The van der Waals surface area contributed by atoms with Crippen molar-refractivity contribution in [3.05, 3.63) is 71.5 Å². The molecule has 3 atom stereocenters. The van der Waals surface area contributed by atoms with Crippen LogP contribution < -0.4 is 0 Å². The Labute approximate surface area is 238 Å². The summed E-state index contributed by atoms with van der Waals surface area (Å²) in [6, 6.07) is 17.8. The molecule has 0 aromatic heterocycles. The molecule has 39 heavy (non-hydrogen) atoms. The third-order valence-corrected chi connectivity index (χ3v) is 9.39. The van der Waals surface area contributed by atoms with Gasteiger partial charge in [-0.2, -0.15) is 11.8 Å². The summed E-state index contributed by atoms with van der Waals surface area (Å²) in [4.78, 5) is 22.8. The van der Waals surface area contributed by atoms with Crippen molar-refractivity contribution < 1.29 is 13.9 Å². The molecule has 2 aliphatic rings. The Morgan fingerprint density at radius 2 is 1.82 bits per heavy atom. The van der Waals surface area contributed by atoms with E-state index in [1.165, 1.54) is 18.2 Å². The van der Waals surface area contributed by atoms with Crippen molar-refractivity contribution in [3.63, 3.8) is 0 Å². The number of carbonyl (C=O) groups excluding carboxylic acids is 1. The molecule has 1 aliphatic carbocycles. The molecule has 212 valence electrons. The minimum absolute atomic E-state index is 0.00380. The maximum absolute atomic E-state index is 13.6. The minimum atomic E-state index is -0.842. The Bertz CT molecular complexity index is 1070. The van der Waals surface area contributed by atoms with Crippen LogP contribution in [-0.4, -0.2) is 73.4 Å². The van der Waals surface area contributed by atoms with E-state index in [2.05, 4.69) is 54.4 Å². The molecule has 1 fully saturated rings. The van der Waals surface area contributed by atoms with Crippen molar-refractivity contribution in [2.75, 3.05) is 39.8 Å². The average Bonchev–Trinajstić information content (AvgIpc) is 3.30. The van der Waals surface area contributed by atoms with Crippen molar-refractivity contribution in [3.8, 4) is 0 Å². The largest absolute Gasteiger partial charge is 0.467 e. The number of hydrogen-bond donors (Lipinski definition) is 0. The first kappa shape index (κ1) is 29.6. The molecular weight excluding hydrogens is 509 g/mol. The van der Waals surface area contributed by atoms with Gasteiger partial charge in [0.2, 0.25) is 0 Å². The van der Waals surface area contributed by atoms with E-state index in [-0.39, 0.29) is 23.9 Å². The van der Waals surface area contributed by atoms with Crippen LogP contribution >= 0.6 is 11.8 Å². The third-order valence-electron chi connectivity index (χ3n) is 8.78. The van der Waals surface area contributed by atoms with Gasteiger partial charge in [0, 0.05) is 12.6 Å². The molecule has 0 saturated heterocycles. The first-order valence-corrected chi connectivity index (χ1v) is 15.6. The molecule has 1 heterocycles. The number of nitrogens with zero attached hydrogens (tertiary/aromatic N) is 3. The molecule has 3 unspecified atom stereocenters. The lowest BCUT2D eigenvalue weighted by Gasteiger charge is -2.41. The summed E-state index contributed by atoms with van der Waals surface area (Å²) in [5.74, 6) is 1.52. The van der Waals surface area contributed by atoms with E-state index in [4.69, 9.17) is 9.73 Å². The van der Waals surface area contributed by atoms with Gasteiger partial charge in [-0.25, -0.2) is 9.18 Å². The van der Waals surface area contributed by atoms with Crippen molar-refractivity contribution in [2.24, 2.45) is 16.8 Å². The summed E-state index contributed by atoms with van der Waals surface area (Å²) in [7, 11) is 5.73. The molecule has 2 aromatic carbocycles. The van der Waals surface area contributed by atoms with E-state index < -0.39 is 5.54 Å². The van der Waals surface area contributed by atoms with Gasteiger partial charge in [-0.3, -0.25) is 4.99 Å². The van der Waals surface area contributed by atoms with E-state index in [9.17, 15) is 9.18 Å². The number of carbonyl (C=O) groups is 1. The highest BCUT2D eigenvalue weighted by molar-refractivity contribution is 7.98. The van der Waals surface area contributed by atoms with Crippen LogP contribution in [0.4, 0.5) is 4.39 Å². The molecule has 1 saturated carbocycles. The van der Waals surface area contributed by atoms with Crippen molar-refractivity contribution in [1.82, 2.24) is 9.80 Å². The summed E-state index contributed by atoms with van der Waals surface area (Å²) in [5, 5.41) is 0. The van der Waals surface area contributed by atoms with Crippen molar-refractivity contribution in [2.45, 2.75) is 62.6 Å².